The summed E-state index contributed by atoms with van der Waals surface area (Å²) in [5.74, 6) is 1.01. The molecule has 4 aromatic rings. The van der Waals surface area contributed by atoms with Crippen LogP contribution in [0.3, 0.4) is 0 Å². The van der Waals surface area contributed by atoms with Crippen molar-refractivity contribution >= 4 is 34.5 Å². The van der Waals surface area contributed by atoms with Gasteiger partial charge < -0.3 is 14.4 Å². The zero-order valence-corrected chi connectivity index (χ0v) is 23.1. The summed E-state index contributed by atoms with van der Waals surface area (Å²) < 4.78 is 22.5. The molecule has 2 fully saturated rings. The molecule has 6 rings (SSSR count). The van der Waals surface area contributed by atoms with Gasteiger partial charge in [0.25, 0.3) is 0 Å². The lowest BCUT2D eigenvalue weighted by molar-refractivity contribution is -0.129. The average Bonchev–Trinajstić information content (AvgIpc) is 3.73. The fourth-order valence-electron chi connectivity index (χ4n) is 5.98. The Morgan fingerprint density at radius 1 is 1.20 bits per heavy atom. The lowest BCUT2D eigenvalue weighted by atomic mass is 9.83. The highest BCUT2D eigenvalue weighted by atomic mass is 35.5. The first kappa shape index (κ1) is 24.1. The maximum atomic E-state index is 13.4. The number of H-pyrrole nitrogens is 1. The molecule has 1 saturated heterocycles. The van der Waals surface area contributed by atoms with Gasteiger partial charge in [-0.3, -0.25) is 19.3 Å². The fraction of sp³-hybridized carbons (Fsp3) is 0.500. The SMILES string of the molecule is [2H]CN(C[2H])C(=O)[C@@H]1CCCN1c1nc2cc(-c3noc(=O)[nH]3)nc(-c3cncc(Cl)c3)c2n1CC1CCC(C)CC1. The Hall–Kier alpha value is -3.73. The van der Waals surface area contributed by atoms with Crippen LogP contribution in [0.25, 0.3) is 33.8 Å². The van der Waals surface area contributed by atoms with Gasteiger partial charge in [0.15, 0.2) is 0 Å². The first-order chi connectivity index (χ1) is 20.4. The van der Waals surface area contributed by atoms with Gasteiger partial charge in [-0.1, -0.05) is 36.5 Å². The van der Waals surface area contributed by atoms with Crippen molar-refractivity contribution in [2.75, 3.05) is 25.5 Å². The minimum atomic E-state index is -0.692. The predicted molar refractivity (Wildman–Crippen MR) is 152 cm³/mol. The summed E-state index contributed by atoms with van der Waals surface area (Å²) >= 11 is 6.37. The number of likely N-dealkylation sites (N-methyl/N-ethyl adjacent to an activating group) is 1. The molecular weight excluding hydrogens is 532 g/mol. The summed E-state index contributed by atoms with van der Waals surface area (Å²) in [6.45, 7) is 3.61. The summed E-state index contributed by atoms with van der Waals surface area (Å²) in [7, 11) is -0.531. The Bertz CT molecular complexity index is 1640. The van der Waals surface area contributed by atoms with E-state index in [2.05, 4.69) is 26.6 Å². The van der Waals surface area contributed by atoms with Crippen LogP contribution in [0.15, 0.2) is 33.8 Å². The number of halogens is 1. The van der Waals surface area contributed by atoms with Crippen LogP contribution in [-0.2, 0) is 11.3 Å². The molecule has 0 bridgehead atoms. The number of nitrogens with one attached hydrogen (secondary N) is 1. The predicted octanol–water partition coefficient (Wildman–Crippen LogP) is 4.37. The van der Waals surface area contributed by atoms with Crippen molar-refractivity contribution in [3.8, 4) is 22.8 Å². The van der Waals surface area contributed by atoms with Crippen molar-refractivity contribution < 1.29 is 12.1 Å². The number of imidazole rings is 1. The Morgan fingerprint density at radius 2 is 2.02 bits per heavy atom. The van der Waals surface area contributed by atoms with Crippen LogP contribution in [0.1, 0.15) is 48.2 Å². The maximum absolute atomic E-state index is 13.4. The molecule has 1 aliphatic heterocycles. The van der Waals surface area contributed by atoms with E-state index >= 15 is 0 Å². The molecule has 2 aliphatic rings. The average molecular weight is 567 g/mol. The van der Waals surface area contributed by atoms with Crippen molar-refractivity contribution in [3.05, 3.63) is 40.1 Å². The number of fused-ring (bicyclic) bond motifs is 1. The molecule has 1 N–H and O–H groups in total. The van der Waals surface area contributed by atoms with Crippen molar-refractivity contribution in [3.63, 3.8) is 0 Å². The molecule has 1 aliphatic carbocycles. The molecule has 0 spiro atoms. The van der Waals surface area contributed by atoms with E-state index in [4.69, 9.17) is 28.8 Å². The number of carbonyl (C=O) groups is 1. The summed E-state index contributed by atoms with van der Waals surface area (Å²) in [6, 6.07) is 3.03. The first-order valence-electron chi connectivity index (χ1n) is 15.0. The highest BCUT2D eigenvalue weighted by molar-refractivity contribution is 6.30. The van der Waals surface area contributed by atoms with Crippen molar-refractivity contribution in [1.82, 2.24) is 34.6 Å². The van der Waals surface area contributed by atoms with Crippen molar-refractivity contribution in [2.24, 2.45) is 11.8 Å². The monoisotopic (exact) mass is 566 g/mol. The second kappa shape index (κ2) is 10.7. The minimum absolute atomic E-state index is 0.172. The molecular formula is C28H33ClN8O3. The number of carbonyl (C=O) groups excluding carboxylic acids is 1. The number of pyridine rings is 2. The molecule has 4 aromatic heterocycles. The standard InChI is InChI=1S/C28H33ClN8O3/c1-16-6-8-17(9-7-16)15-37-24-20(32-27(37)36-10-4-5-22(36)26(38)35(2)3)12-21(25-33-28(39)40-34-25)31-23(24)18-11-19(29)14-30-13-18/h11-14,16-17,22H,4-10,15H2,1-3H3,(H,33,34,39)/t16?,17?,22-/m0/s1/i2D,3D. The summed E-state index contributed by atoms with van der Waals surface area (Å²) in [5.41, 5.74) is 3.01. The van der Waals surface area contributed by atoms with Crippen LogP contribution >= 0.6 is 11.6 Å². The van der Waals surface area contributed by atoms with Gasteiger partial charge in [-0.25, -0.2) is 14.8 Å². The molecule has 1 atom stereocenters. The molecule has 210 valence electrons. The number of amides is 1. The minimum Gasteiger partial charge on any atom is -0.347 e. The zero-order chi connectivity index (χ0) is 29.4. The van der Waals surface area contributed by atoms with E-state index in [9.17, 15) is 9.59 Å². The number of hydrogen-bond donors (Lipinski definition) is 1. The van der Waals surface area contributed by atoms with E-state index in [-0.39, 0.29) is 25.8 Å². The van der Waals surface area contributed by atoms with Gasteiger partial charge in [0.05, 0.1) is 21.7 Å². The maximum Gasteiger partial charge on any atom is 0.439 e. The number of aromatic amines is 1. The lowest BCUT2D eigenvalue weighted by Gasteiger charge is -2.30. The molecule has 0 radical (unpaired) electrons. The third kappa shape index (κ3) is 4.98. The second-order valence-corrected chi connectivity index (χ2v) is 11.4. The lowest BCUT2D eigenvalue weighted by Crippen LogP contribution is -2.44. The Labute approximate surface area is 239 Å². The Kier molecular flexibility index (Phi) is 6.44. The molecule has 5 heterocycles. The number of anilines is 1. The van der Waals surface area contributed by atoms with Gasteiger partial charge in [-0.05, 0) is 49.7 Å². The van der Waals surface area contributed by atoms with E-state index in [1.807, 2.05) is 4.90 Å². The normalized spacial score (nSPS) is 21.9. The van der Waals surface area contributed by atoms with E-state index in [1.165, 1.54) is 4.90 Å². The van der Waals surface area contributed by atoms with Crippen molar-refractivity contribution in [2.45, 2.75) is 58.0 Å². The smallest absolute Gasteiger partial charge is 0.347 e. The highest BCUT2D eigenvalue weighted by Crippen LogP contribution is 2.38. The quantitative estimate of drug-likeness (QED) is 0.364. The second-order valence-electron chi connectivity index (χ2n) is 10.9. The van der Waals surface area contributed by atoms with E-state index in [0.29, 0.717) is 64.8 Å². The molecule has 1 amide bonds. The summed E-state index contributed by atoms with van der Waals surface area (Å²) in [4.78, 5) is 45.3. The molecule has 0 aromatic carbocycles. The number of aromatic nitrogens is 6. The zero-order valence-electron chi connectivity index (χ0n) is 24.3. The third-order valence-electron chi connectivity index (χ3n) is 8.05. The van der Waals surface area contributed by atoms with E-state index in [1.54, 1.807) is 24.5 Å². The molecule has 11 nitrogen and oxygen atoms in total. The van der Waals surface area contributed by atoms with Crippen LogP contribution < -0.4 is 10.7 Å². The van der Waals surface area contributed by atoms with Crippen LogP contribution in [-0.4, -0.2) is 67.1 Å². The molecule has 40 heavy (non-hydrogen) atoms. The first-order valence-corrected chi connectivity index (χ1v) is 14.0. The van der Waals surface area contributed by atoms with Gasteiger partial charge in [0.2, 0.25) is 17.7 Å². The van der Waals surface area contributed by atoms with E-state index in [0.717, 1.165) is 37.6 Å². The molecule has 1 saturated carbocycles. The largest absolute Gasteiger partial charge is 0.439 e. The van der Waals surface area contributed by atoms with Gasteiger partial charge in [0, 0.05) is 47.8 Å². The number of hydrogen-bond acceptors (Lipinski definition) is 8. The van der Waals surface area contributed by atoms with Crippen LogP contribution in [0.5, 0.6) is 0 Å². The van der Waals surface area contributed by atoms with Gasteiger partial charge in [-0.15, -0.1) is 0 Å². The summed E-state index contributed by atoms with van der Waals surface area (Å²) in [6.07, 6.45) is 9.15. The molecule has 12 heteroatoms. The highest BCUT2D eigenvalue weighted by Gasteiger charge is 2.36. The molecule has 0 unspecified atom stereocenters. The number of rotatable bonds is 6. The summed E-state index contributed by atoms with van der Waals surface area (Å²) in [5, 5.41) is 4.30. The van der Waals surface area contributed by atoms with Crippen LogP contribution in [0.4, 0.5) is 5.95 Å². The van der Waals surface area contributed by atoms with E-state index < -0.39 is 11.8 Å². The third-order valence-corrected chi connectivity index (χ3v) is 8.25. The Morgan fingerprint density at radius 3 is 2.75 bits per heavy atom. The van der Waals surface area contributed by atoms with Gasteiger partial charge in [-0.2, -0.15) is 0 Å². The van der Waals surface area contributed by atoms with Gasteiger partial charge in [0.1, 0.15) is 11.7 Å². The van der Waals surface area contributed by atoms with Crippen molar-refractivity contribution in [1.29, 1.82) is 0 Å². The topological polar surface area (TPSA) is 126 Å². The number of nitrogens with zero attached hydrogens (tertiary/aromatic N) is 7. The Balaban J connectivity index is 1.56. The fourth-order valence-corrected chi connectivity index (χ4v) is 6.16. The van der Waals surface area contributed by atoms with Crippen LogP contribution in [0, 0.1) is 11.8 Å². The van der Waals surface area contributed by atoms with Crippen LogP contribution in [0.2, 0.25) is 5.02 Å². The van der Waals surface area contributed by atoms with Gasteiger partial charge >= 0.3 is 5.76 Å².